The zero-order chi connectivity index (χ0) is 15.8. The minimum absolute atomic E-state index is 0.470. The molecule has 0 aliphatic heterocycles. The minimum atomic E-state index is -1.38. The zero-order valence-corrected chi connectivity index (χ0v) is 12.2. The first-order valence-electron chi connectivity index (χ1n) is 6.71. The van der Waals surface area contributed by atoms with Crippen molar-refractivity contribution in [2.24, 2.45) is 5.41 Å². The van der Waals surface area contributed by atoms with Crippen LogP contribution in [0.15, 0.2) is 54.6 Å². The Morgan fingerprint density at radius 2 is 1.41 bits per heavy atom. The fourth-order valence-corrected chi connectivity index (χ4v) is 3.40. The highest BCUT2D eigenvalue weighted by atomic mass is 35.5. The first kappa shape index (κ1) is 14.2. The van der Waals surface area contributed by atoms with Crippen molar-refractivity contribution in [3.05, 3.63) is 70.7 Å². The van der Waals surface area contributed by atoms with Gasteiger partial charge in [-0.15, -0.1) is 0 Å². The Balaban J connectivity index is 2.23. The van der Waals surface area contributed by atoms with Crippen LogP contribution >= 0.6 is 11.6 Å². The maximum Gasteiger partial charge on any atom is 0.175 e. The fraction of sp³-hybridized carbons (Fsp3) is 0.167. The largest absolute Gasteiger partial charge is 0.197 e. The Bertz CT molecular complexity index is 823. The predicted molar refractivity (Wildman–Crippen MR) is 81.6 cm³/mol. The zero-order valence-electron chi connectivity index (χ0n) is 11.5. The quantitative estimate of drug-likeness (QED) is 0.843. The van der Waals surface area contributed by atoms with E-state index in [2.05, 4.69) is 18.2 Å². The van der Waals surface area contributed by atoms with Crippen molar-refractivity contribution in [2.45, 2.75) is 11.3 Å². The summed E-state index contributed by atoms with van der Waals surface area (Å²) in [6, 6.07) is 22.5. The van der Waals surface area contributed by atoms with Gasteiger partial charge in [0, 0.05) is 10.9 Å². The number of nitrogens with zero attached hydrogens (tertiary/aromatic N) is 3. The summed E-state index contributed by atoms with van der Waals surface area (Å²) in [4.78, 5) is 0. The molecule has 3 rings (SSSR count). The summed E-state index contributed by atoms with van der Waals surface area (Å²) in [5.74, 6) is -0.470. The van der Waals surface area contributed by atoms with Gasteiger partial charge in [0.05, 0.1) is 18.2 Å². The smallest absolute Gasteiger partial charge is 0.175 e. The predicted octanol–water partition coefficient (Wildman–Crippen LogP) is 3.93. The van der Waals surface area contributed by atoms with Crippen LogP contribution in [0.5, 0.6) is 0 Å². The summed E-state index contributed by atoms with van der Waals surface area (Å²) in [5, 5.41) is 29.6. The Labute approximate surface area is 133 Å². The van der Waals surface area contributed by atoms with Gasteiger partial charge in [-0.25, -0.2) is 0 Å². The Morgan fingerprint density at radius 3 is 1.91 bits per heavy atom. The molecule has 0 heterocycles. The molecule has 0 spiro atoms. The van der Waals surface area contributed by atoms with E-state index in [0.29, 0.717) is 10.6 Å². The van der Waals surface area contributed by atoms with Gasteiger partial charge in [-0.3, -0.25) is 0 Å². The second kappa shape index (κ2) is 4.88. The molecule has 0 saturated heterocycles. The number of hydrogen-bond acceptors (Lipinski definition) is 3. The molecule has 1 aliphatic carbocycles. The molecule has 2 aromatic rings. The Kier molecular flexibility index (Phi) is 3.14. The lowest BCUT2D eigenvalue weighted by molar-refractivity contribution is 0.742. The van der Waals surface area contributed by atoms with Gasteiger partial charge in [-0.2, -0.15) is 15.8 Å². The van der Waals surface area contributed by atoms with Gasteiger partial charge in [0.1, 0.15) is 5.41 Å². The fourth-order valence-electron chi connectivity index (χ4n) is 3.28. The molecular weight excluding hydrogens is 294 g/mol. The first-order chi connectivity index (χ1) is 10.7. The van der Waals surface area contributed by atoms with Crippen molar-refractivity contribution in [1.82, 2.24) is 0 Å². The molecule has 4 heteroatoms. The number of halogens is 1. The summed E-state index contributed by atoms with van der Waals surface area (Å²) in [7, 11) is 0. The van der Waals surface area contributed by atoms with E-state index < -0.39 is 16.7 Å². The van der Waals surface area contributed by atoms with Crippen LogP contribution in [-0.4, -0.2) is 0 Å². The highest BCUT2D eigenvalue weighted by Crippen LogP contribution is 2.73. The summed E-state index contributed by atoms with van der Waals surface area (Å²) in [5.41, 5.74) is -1.07. The van der Waals surface area contributed by atoms with Crippen molar-refractivity contribution in [3.63, 3.8) is 0 Å². The molecule has 1 aliphatic rings. The third-order valence-corrected chi connectivity index (χ3v) is 4.62. The van der Waals surface area contributed by atoms with E-state index in [0.717, 1.165) is 5.56 Å². The van der Waals surface area contributed by atoms with Crippen LogP contribution in [0.3, 0.4) is 0 Å². The molecule has 1 saturated carbocycles. The van der Waals surface area contributed by atoms with Crippen molar-refractivity contribution in [3.8, 4) is 18.2 Å². The number of hydrogen-bond donors (Lipinski definition) is 0. The molecule has 0 N–H and O–H groups in total. The van der Waals surface area contributed by atoms with E-state index >= 15 is 0 Å². The lowest BCUT2D eigenvalue weighted by Crippen LogP contribution is -2.14. The van der Waals surface area contributed by atoms with Gasteiger partial charge >= 0.3 is 0 Å². The molecule has 104 valence electrons. The van der Waals surface area contributed by atoms with E-state index in [1.54, 1.807) is 24.3 Å². The molecule has 3 nitrogen and oxygen atoms in total. The van der Waals surface area contributed by atoms with E-state index in [1.165, 1.54) is 0 Å². The van der Waals surface area contributed by atoms with E-state index in [9.17, 15) is 15.8 Å². The molecule has 0 aromatic heterocycles. The van der Waals surface area contributed by atoms with E-state index in [1.807, 2.05) is 30.3 Å². The normalized spacial score (nSPS) is 24.5. The standard InChI is InChI=1S/C18H10ClN3/c19-15-8-6-14(7-9-15)18(12-22)16(17(18,10-20)11-21)13-4-2-1-3-5-13/h1-9,16H/t16-,18-/m1/s1. The van der Waals surface area contributed by atoms with Gasteiger partial charge in [-0.1, -0.05) is 54.1 Å². The molecule has 0 amide bonds. The molecule has 2 atom stereocenters. The van der Waals surface area contributed by atoms with Crippen molar-refractivity contribution < 1.29 is 0 Å². The third-order valence-electron chi connectivity index (χ3n) is 4.37. The first-order valence-corrected chi connectivity index (χ1v) is 7.09. The van der Waals surface area contributed by atoms with Gasteiger partial charge in [0.25, 0.3) is 0 Å². The summed E-state index contributed by atoms with van der Waals surface area (Å²) in [6.07, 6.45) is 0. The topological polar surface area (TPSA) is 71.4 Å². The average Bonchev–Trinajstić information content (AvgIpc) is 3.20. The van der Waals surface area contributed by atoms with E-state index in [-0.39, 0.29) is 0 Å². The van der Waals surface area contributed by atoms with Gasteiger partial charge in [-0.05, 0) is 23.3 Å². The van der Waals surface area contributed by atoms with Crippen LogP contribution in [0.2, 0.25) is 5.02 Å². The number of benzene rings is 2. The van der Waals surface area contributed by atoms with Crippen molar-refractivity contribution >= 4 is 11.6 Å². The second-order valence-corrected chi connectivity index (χ2v) is 5.74. The molecule has 22 heavy (non-hydrogen) atoms. The number of nitriles is 3. The van der Waals surface area contributed by atoms with Gasteiger partial charge < -0.3 is 0 Å². The highest BCUT2D eigenvalue weighted by molar-refractivity contribution is 6.30. The van der Waals surface area contributed by atoms with Crippen molar-refractivity contribution in [2.75, 3.05) is 0 Å². The molecule has 0 unspecified atom stereocenters. The second-order valence-electron chi connectivity index (χ2n) is 5.30. The van der Waals surface area contributed by atoms with Crippen LogP contribution in [0.25, 0.3) is 0 Å². The molecule has 1 fully saturated rings. The minimum Gasteiger partial charge on any atom is -0.197 e. The lowest BCUT2D eigenvalue weighted by atomic mass is 9.88. The maximum absolute atomic E-state index is 9.82. The van der Waals surface area contributed by atoms with Crippen LogP contribution in [0.1, 0.15) is 17.0 Å². The highest BCUT2D eigenvalue weighted by Gasteiger charge is 2.81. The summed E-state index contributed by atoms with van der Waals surface area (Å²) < 4.78 is 0. The summed E-state index contributed by atoms with van der Waals surface area (Å²) in [6.45, 7) is 0. The van der Waals surface area contributed by atoms with Crippen LogP contribution in [0, 0.1) is 39.4 Å². The van der Waals surface area contributed by atoms with Crippen LogP contribution in [0.4, 0.5) is 0 Å². The van der Waals surface area contributed by atoms with Crippen molar-refractivity contribution in [1.29, 1.82) is 15.8 Å². The van der Waals surface area contributed by atoms with E-state index in [4.69, 9.17) is 11.6 Å². The molecule has 2 aromatic carbocycles. The third kappa shape index (κ3) is 1.59. The lowest BCUT2D eigenvalue weighted by Gasteiger charge is -2.09. The van der Waals surface area contributed by atoms with Crippen LogP contribution in [-0.2, 0) is 5.41 Å². The molecular formula is C18H10ClN3. The average molecular weight is 304 g/mol. The Hall–Kier alpha value is -2.80. The molecule has 0 bridgehead atoms. The SMILES string of the molecule is N#CC1(C#N)[C@@H](c2ccccc2)[C@@]1(C#N)c1ccc(Cl)cc1. The van der Waals surface area contributed by atoms with Crippen LogP contribution < -0.4 is 0 Å². The van der Waals surface area contributed by atoms with Gasteiger partial charge in [0.15, 0.2) is 5.41 Å². The monoisotopic (exact) mass is 303 g/mol. The maximum atomic E-state index is 9.82. The molecule has 0 radical (unpaired) electrons. The number of rotatable bonds is 2. The Morgan fingerprint density at radius 1 is 0.818 bits per heavy atom. The van der Waals surface area contributed by atoms with Gasteiger partial charge in [0.2, 0.25) is 0 Å². The summed E-state index contributed by atoms with van der Waals surface area (Å²) >= 11 is 5.90.